The molecule has 0 aliphatic carbocycles. The van der Waals surface area contributed by atoms with Crippen LogP contribution < -0.4 is 15.5 Å². The molecule has 0 saturated carbocycles. The molecule has 13 heteroatoms. The molecule has 5 aliphatic heterocycles. The number of halogens is 2. The second kappa shape index (κ2) is 7.88. The van der Waals surface area contributed by atoms with Gasteiger partial charge in [0.1, 0.15) is 5.82 Å². The van der Waals surface area contributed by atoms with Crippen LogP contribution in [0.25, 0.3) is 11.4 Å². The van der Waals surface area contributed by atoms with E-state index >= 15 is 0 Å². The number of nitrogens with two attached hydrogens (primary N) is 1. The average molecular weight is 489 g/mol. The molecule has 2 unspecified atom stereocenters. The summed E-state index contributed by atoms with van der Waals surface area (Å²) in [6.07, 6.45) is -1.46. The Balaban J connectivity index is 1.37. The zero-order chi connectivity index (χ0) is 23.7. The topological polar surface area (TPSA) is 121 Å². The lowest BCUT2D eigenvalue weighted by Gasteiger charge is -2.55. The van der Waals surface area contributed by atoms with Crippen molar-refractivity contribution in [2.24, 2.45) is 5.41 Å². The summed E-state index contributed by atoms with van der Waals surface area (Å²) in [5.74, 6) is 0.985. The fourth-order valence-electron chi connectivity index (χ4n) is 6.11. The van der Waals surface area contributed by atoms with Crippen molar-refractivity contribution in [1.29, 1.82) is 0 Å². The van der Waals surface area contributed by atoms with E-state index in [9.17, 15) is 8.78 Å². The zero-order valence-electron chi connectivity index (χ0n) is 18.8. The first kappa shape index (κ1) is 21.5. The van der Waals surface area contributed by atoms with Gasteiger partial charge < -0.3 is 34.5 Å². The van der Waals surface area contributed by atoms with Crippen molar-refractivity contribution >= 4 is 17.7 Å². The first-order chi connectivity index (χ1) is 17.0. The summed E-state index contributed by atoms with van der Waals surface area (Å²) < 4.78 is 51.1. The minimum absolute atomic E-state index is 0.0112. The number of hydrogen-bond donors (Lipinski definition) is 1. The maximum Gasteiger partial charge on any atom is 0.264 e. The quantitative estimate of drug-likeness (QED) is 0.652. The molecule has 0 aromatic carbocycles. The molecule has 186 valence electrons. The van der Waals surface area contributed by atoms with E-state index in [1.807, 2.05) is 0 Å². The summed E-state index contributed by atoms with van der Waals surface area (Å²) in [5.41, 5.74) is 5.50. The fourth-order valence-corrected chi connectivity index (χ4v) is 6.11. The Morgan fingerprint density at radius 1 is 0.857 bits per heavy atom. The van der Waals surface area contributed by atoms with Gasteiger partial charge in [0.05, 0.1) is 82.4 Å². The minimum atomic E-state index is -2.77. The summed E-state index contributed by atoms with van der Waals surface area (Å²) >= 11 is 0. The van der Waals surface area contributed by atoms with Gasteiger partial charge in [-0.3, -0.25) is 0 Å². The van der Waals surface area contributed by atoms with Crippen LogP contribution in [0, 0.1) is 5.41 Å². The van der Waals surface area contributed by atoms with Crippen LogP contribution in [-0.4, -0.2) is 97.0 Å². The predicted octanol–water partition coefficient (Wildman–Crippen LogP) is 0.661. The Labute approximate surface area is 199 Å². The molecule has 2 aromatic heterocycles. The molecular weight excluding hydrogens is 464 g/mol. The number of fused-ring (bicyclic) bond motifs is 2. The zero-order valence-corrected chi connectivity index (χ0v) is 18.8. The number of nitrogen functional groups attached to an aromatic ring is 1. The van der Waals surface area contributed by atoms with Gasteiger partial charge in [-0.25, -0.2) is 13.8 Å². The number of rotatable bonds is 4. The Kier molecular flexibility index (Phi) is 4.85. The molecule has 7 heterocycles. The highest BCUT2D eigenvalue weighted by Gasteiger charge is 2.67. The first-order valence-electron chi connectivity index (χ1n) is 11.7. The molecule has 2 atom stereocenters. The van der Waals surface area contributed by atoms with Crippen molar-refractivity contribution < 1.29 is 27.7 Å². The van der Waals surface area contributed by atoms with Gasteiger partial charge in [-0.1, -0.05) is 0 Å². The van der Waals surface area contributed by atoms with E-state index in [2.05, 4.69) is 19.8 Å². The SMILES string of the molecule is Nc1cc(C(F)F)c(-c2nc(N3C4COCC3COC4)nc(N3C4COCC45COCC35)n2)cn1. The van der Waals surface area contributed by atoms with Crippen molar-refractivity contribution in [2.75, 3.05) is 68.4 Å². The van der Waals surface area contributed by atoms with E-state index in [0.29, 0.717) is 64.8 Å². The summed E-state index contributed by atoms with van der Waals surface area (Å²) in [6.45, 7) is 4.22. The smallest absolute Gasteiger partial charge is 0.264 e. The Morgan fingerprint density at radius 2 is 1.46 bits per heavy atom. The average Bonchev–Trinajstić information content (AvgIpc) is 3.38. The van der Waals surface area contributed by atoms with Crippen LogP contribution in [0.4, 0.5) is 26.5 Å². The maximum absolute atomic E-state index is 14.0. The highest BCUT2D eigenvalue weighted by molar-refractivity contribution is 5.65. The van der Waals surface area contributed by atoms with Crippen LogP contribution in [0.15, 0.2) is 12.3 Å². The van der Waals surface area contributed by atoms with Crippen LogP contribution in [0.5, 0.6) is 0 Å². The number of alkyl halides is 2. The van der Waals surface area contributed by atoms with E-state index in [-0.39, 0.29) is 52.4 Å². The monoisotopic (exact) mass is 489 g/mol. The van der Waals surface area contributed by atoms with Crippen LogP contribution >= 0.6 is 0 Å². The third kappa shape index (κ3) is 3.14. The standard InChI is InChI=1S/C22H25F2N7O4/c23-18(24)13-1-17(25)26-2-14(13)19-27-20(30-11-3-32-5-12(30)6-33-4-11)29-21(28-19)31-15-7-34-9-22(15)10-35-8-16(22)31/h1-2,11-12,15-16,18H,3-10H2,(H2,25,26). The van der Waals surface area contributed by atoms with E-state index in [4.69, 9.17) is 34.6 Å². The van der Waals surface area contributed by atoms with Crippen LogP contribution in [0.2, 0.25) is 0 Å². The van der Waals surface area contributed by atoms with E-state index < -0.39 is 6.43 Å². The van der Waals surface area contributed by atoms with Crippen molar-refractivity contribution in [2.45, 2.75) is 30.6 Å². The highest BCUT2D eigenvalue weighted by atomic mass is 19.3. The Bertz CT molecular complexity index is 1110. The van der Waals surface area contributed by atoms with Gasteiger partial charge in [-0.15, -0.1) is 0 Å². The number of hydrogen-bond acceptors (Lipinski definition) is 11. The van der Waals surface area contributed by atoms with Gasteiger partial charge in [0.25, 0.3) is 6.43 Å². The Morgan fingerprint density at radius 3 is 2.06 bits per heavy atom. The molecule has 5 saturated heterocycles. The van der Waals surface area contributed by atoms with Gasteiger partial charge in [-0.2, -0.15) is 15.0 Å². The largest absolute Gasteiger partial charge is 0.384 e. The normalized spacial score (nSPS) is 33.6. The number of anilines is 3. The van der Waals surface area contributed by atoms with Gasteiger partial charge in [-0.05, 0) is 6.07 Å². The second-order valence-electron chi connectivity index (χ2n) is 9.75. The van der Waals surface area contributed by atoms with Crippen molar-refractivity contribution in [3.8, 4) is 11.4 Å². The molecule has 2 N–H and O–H groups in total. The summed E-state index contributed by atoms with van der Waals surface area (Å²) in [5, 5.41) is 0. The van der Waals surface area contributed by atoms with E-state index in [1.165, 1.54) is 12.3 Å². The molecule has 2 aromatic rings. The van der Waals surface area contributed by atoms with Crippen molar-refractivity contribution in [3.63, 3.8) is 0 Å². The lowest BCUT2D eigenvalue weighted by molar-refractivity contribution is -0.0355. The molecule has 0 amide bonds. The molecule has 0 radical (unpaired) electrons. The number of pyridine rings is 1. The number of morpholine rings is 2. The van der Waals surface area contributed by atoms with Crippen molar-refractivity contribution in [3.05, 3.63) is 17.8 Å². The van der Waals surface area contributed by atoms with Gasteiger partial charge in [0.15, 0.2) is 5.82 Å². The number of aromatic nitrogens is 4. The van der Waals surface area contributed by atoms with Crippen LogP contribution in [-0.2, 0) is 18.9 Å². The summed E-state index contributed by atoms with van der Waals surface area (Å²) in [6, 6.07) is 1.13. The molecular formula is C22H25F2N7O4. The lowest BCUT2D eigenvalue weighted by Crippen LogP contribution is -2.71. The summed E-state index contributed by atoms with van der Waals surface area (Å²) in [7, 11) is 0. The van der Waals surface area contributed by atoms with E-state index in [0.717, 1.165) is 0 Å². The predicted molar refractivity (Wildman–Crippen MR) is 118 cm³/mol. The molecule has 7 rings (SSSR count). The van der Waals surface area contributed by atoms with Crippen LogP contribution in [0.1, 0.15) is 12.0 Å². The van der Waals surface area contributed by atoms with Gasteiger partial charge >= 0.3 is 0 Å². The molecule has 35 heavy (non-hydrogen) atoms. The third-order valence-corrected chi connectivity index (χ3v) is 7.83. The fraction of sp³-hybridized carbons (Fsp3) is 0.636. The van der Waals surface area contributed by atoms with Gasteiger partial charge in [0.2, 0.25) is 11.9 Å². The molecule has 11 nitrogen and oxygen atoms in total. The first-order valence-corrected chi connectivity index (χ1v) is 11.7. The molecule has 5 aliphatic rings. The highest BCUT2D eigenvalue weighted by Crippen LogP contribution is 2.53. The lowest BCUT2D eigenvalue weighted by atomic mass is 9.69. The minimum Gasteiger partial charge on any atom is -0.384 e. The summed E-state index contributed by atoms with van der Waals surface area (Å²) in [4.78, 5) is 22.5. The Hall–Kier alpha value is -2.74. The van der Waals surface area contributed by atoms with E-state index in [1.54, 1.807) is 0 Å². The molecule has 5 fully saturated rings. The van der Waals surface area contributed by atoms with Gasteiger partial charge in [0, 0.05) is 17.3 Å². The third-order valence-electron chi connectivity index (χ3n) is 7.83. The number of ether oxygens (including phenoxy) is 4. The van der Waals surface area contributed by atoms with Crippen molar-refractivity contribution in [1.82, 2.24) is 19.9 Å². The van der Waals surface area contributed by atoms with Crippen LogP contribution in [0.3, 0.4) is 0 Å². The number of nitrogens with zero attached hydrogens (tertiary/aromatic N) is 6. The maximum atomic E-state index is 14.0. The molecule has 1 spiro atoms. The molecule has 2 bridgehead atoms. The second-order valence-corrected chi connectivity index (χ2v) is 9.75.